The highest BCUT2D eigenvalue weighted by atomic mass is 35.5. The number of thiocarbonyl (C=S) groups is 1. The summed E-state index contributed by atoms with van der Waals surface area (Å²) in [7, 11) is 1.62. The lowest BCUT2D eigenvalue weighted by atomic mass is 10.1. The molecule has 1 atom stereocenters. The van der Waals surface area contributed by atoms with E-state index in [0.29, 0.717) is 4.99 Å². The van der Waals surface area contributed by atoms with Crippen molar-refractivity contribution in [2.45, 2.75) is 13.0 Å². The van der Waals surface area contributed by atoms with Crippen molar-refractivity contribution >= 4 is 34.5 Å². The minimum absolute atomic E-state index is 0.0129. The van der Waals surface area contributed by atoms with Gasteiger partial charge in [0.25, 0.3) is 0 Å². The standard InChI is InChI=1S/C16H17ClN2OS/c1-10(12-5-3-4-6-14(12)17)19-15-9-11(20-2)7-8-13(15)16(18)21/h3-10,19H,1-2H3,(H2,18,21). The first-order valence-corrected chi connectivity index (χ1v) is 7.30. The van der Waals surface area contributed by atoms with E-state index in [1.807, 2.05) is 49.4 Å². The number of rotatable bonds is 5. The van der Waals surface area contributed by atoms with Crippen molar-refractivity contribution in [2.75, 3.05) is 12.4 Å². The van der Waals surface area contributed by atoms with E-state index in [1.165, 1.54) is 0 Å². The van der Waals surface area contributed by atoms with Gasteiger partial charge in [-0.05, 0) is 30.7 Å². The second-order valence-corrected chi connectivity index (χ2v) is 5.51. The third kappa shape index (κ3) is 3.65. The Morgan fingerprint density at radius 2 is 2.00 bits per heavy atom. The van der Waals surface area contributed by atoms with Gasteiger partial charge < -0.3 is 15.8 Å². The number of anilines is 1. The predicted octanol–water partition coefficient (Wildman–Crippen LogP) is 4.16. The monoisotopic (exact) mass is 320 g/mol. The molecular formula is C16H17ClN2OS. The second kappa shape index (κ2) is 6.78. The van der Waals surface area contributed by atoms with Crippen LogP contribution in [0.15, 0.2) is 42.5 Å². The van der Waals surface area contributed by atoms with Crippen LogP contribution in [0.3, 0.4) is 0 Å². The van der Waals surface area contributed by atoms with Gasteiger partial charge in [0.1, 0.15) is 10.7 Å². The summed E-state index contributed by atoms with van der Waals surface area (Å²) in [5.41, 5.74) is 8.40. The first kappa shape index (κ1) is 15.6. The molecule has 0 bridgehead atoms. The summed E-state index contributed by atoms with van der Waals surface area (Å²) in [5, 5.41) is 4.11. The van der Waals surface area contributed by atoms with Gasteiger partial charge in [-0.1, -0.05) is 42.0 Å². The Labute approximate surface area is 135 Å². The molecule has 3 nitrogen and oxygen atoms in total. The van der Waals surface area contributed by atoms with Gasteiger partial charge in [-0.25, -0.2) is 0 Å². The quantitative estimate of drug-likeness (QED) is 0.812. The van der Waals surface area contributed by atoms with Gasteiger partial charge in [-0.2, -0.15) is 0 Å². The Kier molecular flexibility index (Phi) is 5.04. The Hall–Kier alpha value is -1.78. The highest BCUT2D eigenvalue weighted by Gasteiger charge is 2.13. The van der Waals surface area contributed by atoms with Crippen LogP contribution in [-0.4, -0.2) is 12.1 Å². The molecule has 110 valence electrons. The molecule has 0 fully saturated rings. The van der Waals surface area contributed by atoms with Gasteiger partial charge in [0.05, 0.1) is 13.2 Å². The maximum atomic E-state index is 6.23. The van der Waals surface area contributed by atoms with Gasteiger partial charge in [0, 0.05) is 22.3 Å². The van der Waals surface area contributed by atoms with Crippen molar-refractivity contribution in [2.24, 2.45) is 5.73 Å². The van der Waals surface area contributed by atoms with Gasteiger partial charge in [0.2, 0.25) is 0 Å². The second-order valence-electron chi connectivity index (χ2n) is 4.66. The molecule has 0 heterocycles. The summed E-state index contributed by atoms with van der Waals surface area (Å²) < 4.78 is 5.25. The van der Waals surface area contributed by atoms with E-state index in [0.717, 1.165) is 27.6 Å². The highest BCUT2D eigenvalue weighted by molar-refractivity contribution is 7.80. The van der Waals surface area contributed by atoms with Crippen LogP contribution in [0.1, 0.15) is 24.1 Å². The third-order valence-electron chi connectivity index (χ3n) is 3.24. The van der Waals surface area contributed by atoms with Crippen molar-refractivity contribution in [3.63, 3.8) is 0 Å². The lowest BCUT2D eigenvalue weighted by Gasteiger charge is -2.19. The van der Waals surface area contributed by atoms with Crippen LogP contribution in [0.4, 0.5) is 5.69 Å². The zero-order valence-electron chi connectivity index (χ0n) is 11.9. The van der Waals surface area contributed by atoms with E-state index < -0.39 is 0 Å². The molecule has 0 aliphatic heterocycles. The lowest BCUT2D eigenvalue weighted by Crippen LogP contribution is -2.15. The molecule has 0 spiro atoms. The van der Waals surface area contributed by atoms with Crippen LogP contribution in [-0.2, 0) is 0 Å². The molecule has 21 heavy (non-hydrogen) atoms. The molecule has 3 N–H and O–H groups in total. The summed E-state index contributed by atoms with van der Waals surface area (Å²) in [6.45, 7) is 2.03. The van der Waals surface area contributed by atoms with E-state index in [4.69, 9.17) is 34.3 Å². The van der Waals surface area contributed by atoms with Crippen molar-refractivity contribution in [3.05, 3.63) is 58.6 Å². The molecule has 2 aromatic rings. The fourth-order valence-electron chi connectivity index (χ4n) is 2.12. The fraction of sp³-hybridized carbons (Fsp3) is 0.188. The number of methoxy groups -OCH3 is 1. The van der Waals surface area contributed by atoms with Crippen molar-refractivity contribution in [3.8, 4) is 5.75 Å². The van der Waals surface area contributed by atoms with E-state index in [-0.39, 0.29) is 6.04 Å². The minimum Gasteiger partial charge on any atom is -0.497 e. The highest BCUT2D eigenvalue weighted by Crippen LogP contribution is 2.29. The smallest absolute Gasteiger partial charge is 0.120 e. The number of nitrogens with one attached hydrogen (secondary N) is 1. The summed E-state index contributed by atoms with van der Waals surface area (Å²) >= 11 is 11.3. The van der Waals surface area contributed by atoms with E-state index in [2.05, 4.69) is 5.32 Å². The predicted molar refractivity (Wildman–Crippen MR) is 92.4 cm³/mol. The van der Waals surface area contributed by atoms with Gasteiger partial charge in [-0.3, -0.25) is 0 Å². The van der Waals surface area contributed by atoms with Crippen LogP contribution in [0.2, 0.25) is 5.02 Å². The van der Waals surface area contributed by atoms with Crippen molar-refractivity contribution < 1.29 is 4.74 Å². The molecule has 0 saturated heterocycles. The average Bonchev–Trinajstić information content (AvgIpc) is 2.47. The zero-order valence-corrected chi connectivity index (χ0v) is 13.5. The molecule has 2 rings (SSSR count). The third-order valence-corrected chi connectivity index (χ3v) is 3.80. The van der Waals surface area contributed by atoms with Gasteiger partial charge >= 0.3 is 0 Å². The number of halogens is 1. The Morgan fingerprint density at radius 3 is 2.62 bits per heavy atom. The summed E-state index contributed by atoms with van der Waals surface area (Å²) in [4.78, 5) is 0.339. The van der Waals surface area contributed by atoms with Gasteiger partial charge in [0.15, 0.2) is 0 Å². The van der Waals surface area contributed by atoms with Crippen LogP contribution < -0.4 is 15.8 Å². The number of hydrogen-bond acceptors (Lipinski definition) is 3. The molecule has 0 aliphatic carbocycles. The SMILES string of the molecule is COc1ccc(C(N)=S)c(NC(C)c2ccccc2Cl)c1. The zero-order chi connectivity index (χ0) is 15.4. The Balaban J connectivity index is 2.34. The maximum absolute atomic E-state index is 6.23. The fourth-order valence-corrected chi connectivity index (χ4v) is 2.60. The van der Waals surface area contributed by atoms with Crippen molar-refractivity contribution in [1.82, 2.24) is 0 Å². The van der Waals surface area contributed by atoms with Gasteiger partial charge in [-0.15, -0.1) is 0 Å². The number of nitrogens with two attached hydrogens (primary N) is 1. The van der Waals surface area contributed by atoms with Crippen molar-refractivity contribution in [1.29, 1.82) is 0 Å². The van der Waals surface area contributed by atoms with E-state index in [9.17, 15) is 0 Å². The average molecular weight is 321 g/mol. The molecule has 0 radical (unpaired) electrons. The first-order chi connectivity index (χ1) is 10.0. The molecule has 0 saturated carbocycles. The topological polar surface area (TPSA) is 47.3 Å². The van der Waals surface area contributed by atoms with E-state index in [1.54, 1.807) is 7.11 Å². The molecule has 5 heteroatoms. The Bertz CT molecular complexity index is 660. The molecule has 1 unspecified atom stereocenters. The maximum Gasteiger partial charge on any atom is 0.120 e. The molecule has 0 aliphatic rings. The number of hydrogen-bond donors (Lipinski definition) is 2. The number of ether oxygens (including phenoxy) is 1. The van der Waals surface area contributed by atoms with Crippen LogP contribution in [0.25, 0.3) is 0 Å². The molecule has 2 aromatic carbocycles. The normalized spacial score (nSPS) is 11.8. The van der Waals surface area contributed by atoms with E-state index >= 15 is 0 Å². The minimum atomic E-state index is 0.0129. The summed E-state index contributed by atoms with van der Waals surface area (Å²) in [6, 6.07) is 13.3. The summed E-state index contributed by atoms with van der Waals surface area (Å²) in [6.07, 6.45) is 0. The first-order valence-electron chi connectivity index (χ1n) is 6.51. The van der Waals surface area contributed by atoms with Crippen LogP contribution in [0.5, 0.6) is 5.75 Å². The van der Waals surface area contributed by atoms with Crippen LogP contribution in [0, 0.1) is 0 Å². The van der Waals surface area contributed by atoms with Crippen LogP contribution >= 0.6 is 23.8 Å². The molecule has 0 aromatic heterocycles. The lowest BCUT2D eigenvalue weighted by molar-refractivity contribution is 0.415. The summed E-state index contributed by atoms with van der Waals surface area (Å²) in [5.74, 6) is 0.740. The Morgan fingerprint density at radius 1 is 1.29 bits per heavy atom. The number of benzene rings is 2. The largest absolute Gasteiger partial charge is 0.497 e. The molecular weight excluding hydrogens is 304 g/mol. The molecule has 0 amide bonds.